The van der Waals surface area contributed by atoms with E-state index in [0.29, 0.717) is 11.6 Å². The van der Waals surface area contributed by atoms with E-state index < -0.39 is 0 Å². The topological polar surface area (TPSA) is 39.1 Å². The molecular formula is C12H14BrN3. The molecule has 1 aromatic carbocycles. The highest BCUT2D eigenvalue weighted by molar-refractivity contribution is 9.10. The first-order valence-corrected chi connectivity index (χ1v) is 6.12. The first kappa shape index (κ1) is 11.4. The van der Waals surface area contributed by atoms with Crippen LogP contribution in [-0.4, -0.2) is 31.1 Å². The van der Waals surface area contributed by atoms with E-state index in [1.54, 1.807) is 0 Å². The molecule has 3 nitrogen and oxygen atoms in total. The fourth-order valence-corrected chi connectivity index (χ4v) is 2.52. The van der Waals surface area contributed by atoms with E-state index in [1.165, 1.54) is 0 Å². The summed E-state index contributed by atoms with van der Waals surface area (Å²) in [5.41, 5.74) is 1.70. The molecule has 84 valence electrons. The Morgan fingerprint density at radius 1 is 1.50 bits per heavy atom. The minimum atomic E-state index is 0.492. The molecule has 0 spiro atoms. The second-order valence-electron chi connectivity index (χ2n) is 4.23. The van der Waals surface area contributed by atoms with E-state index in [-0.39, 0.29) is 0 Å². The predicted molar refractivity (Wildman–Crippen MR) is 68.4 cm³/mol. The Labute approximate surface area is 104 Å². The zero-order valence-corrected chi connectivity index (χ0v) is 10.8. The standard InChI is InChI=1S/C12H14BrN3/c1-16-3-2-11(8-16)15-12-5-9(7-14)4-10(13)6-12/h4-6,11,15H,2-3,8H2,1H3. The van der Waals surface area contributed by atoms with Crippen molar-refractivity contribution in [2.45, 2.75) is 12.5 Å². The van der Waals surface area contributed by atoms with Crippen molar-refractivity contribution in [3.63, 3.8) is 0 Å². The Balaban J connectivity index is 2.10. The van der Waals surface area contributed by atoms with Crippen LogP contribution in [0.3, 0.4) is 0 Å². The van der Waals surface area contributed by atoms with Gasteiger partial charge in [-0.05, 0) is 38.2 Å². The van der Waals surface area contributed by atoms with Gasteiger partial charge >= 0.3 is 0 Å². The number of benzene rings is 1. The molecular weight excluding hydrogens is 266 g/mol. The van der Waals surface area contributed by atoms with Gasteiger partial charge in [-0.15, -0.1) is 0 Å². The second-order valence-corrected chi connectivity index (χ2v) is 5.15. The molecule has 4 heteroatoms. The van der Waals surface area contributed by atoms with Gasteiger partial charge in [0.2, 0.25) is 0 Å². The number of likely N-dealkylation sites (N-methyl/N-ethyl adjacent to an activating group) is 1. The Bertz CT molecular complexity index is 425. The maximum atomic E-state index is 8.88. The van der Waals surface area contributed by atoms with E-state index in [4.69, 9.17) is 5.26 Å². The van der Waals surface area contributed by atoms with Crippen LogP contribution in [-0.2, 0) is 0 Å². The summed E-state index contributed by atoms with van der Waals surface area (Å²) in [6, 6.07) is 8.38. The highest BCUT2D eigenvalue weighted by atomic mass is 79.9. The quantitative estimate of drug-likeness (QED) is 0.904. The van der Waals surface area contributed by atoms with Crippen LogP contribution in [0.4, 0.5) is 5.69 Å². The molecule has 1 aliphatic rings. The zero-order chi connectivity index (χ0) is 11.5. The molecule has 1 fully saturated rings. The molecule has 16 heavy (non-hydrogen) atoms. The molecule has 0 radical (unpaired) electrons. The lowest BCUT2D eigenvalue weighted by atomic mass is 10.2. The van der Waals surface area contributed by atoms with Gasteiger partial charge in [-0.3, -0.25) is 0 Å². The van der Waals surface area contributed by atoms with Gasteiger partial charge < -0.3 is 10.2 Å². The van der Waals surface area contributed by atoms with Crippen molar-refractivity contribution in [3.8, 4) is 6.07 Å². The monoisotopic (exact) mass is 279 g/mol. The van der Waals surface area contributed by atoms with E-state index in [2.05, 4.69) is 39.3 Å². The van der Waals surface area contributed by atoms with Crippen molar-refractivity contribution >= 4 is 21.6 Å². The van der Waals surface area contributed by atoms with Crippen molar-refractivity contribution in [2.24, 2.45) is 0 Å². The van der Waals surface area contributed by atoms with Crippen LogP contribution in [0, 0.1) is 11.3 Å². The van der Waals surface area contributed by atoms with E-state index >= 15 is 0 Å². The Hall–Kier alpha value is -1.05. The lowest BCUT2D eigenvalue weighted by molar-refractivity contribution is 0.414. The van der Waals surface area contributed by atoms with Crippen molar-refractivity contribution in [2.75, 3.05) is 25.5 Å². The highest BCUT2D eigenvalue weighted by Gasteiger charge is 2.18. The lowest BCUT2D eigenvalue weighted by Gasteiger charge is -2.14. The largest absolute Gasteiger partial charge is 0.381 e. The average Bonchev–Trinajstić information content (AvgIpc) is 2.63. The maximum Gasteiger partial charge on any atom is 0.0992 e. The van der Waals surface area contributed by atoms with Crippen molar-refractivity contribution in [3.05, 3.63) is 28.2 Å². The van der Waals surface area contributed by atoms with Crippen molar-refractivity contribution in [1.82, 2.24) is 4.90 Å². The van der Waals surface area contributed by atoms with Crippen molar-refractivity contribution < 1.29 is 0 Å². The molecule has 1 aromatic rings. The summed E-state index contributed by atoms with van der Waals surface area (Å²) in [5.74, 6) is 0. The van der Waals surface area contributed by atoms with Crippen LogP contribution < -0.4 is 5.32 Å². The summed E-state index contributed by atoms with van der Waals surface area (Å²) in [7, 11) is 2.13. The minimum Gasteiger partial charge on any atom is -0.381 e. The number of nitriles is 1. The maximum absolute atomic E-state index is 8.88. The van der Waals surface area contributed by atoms with Crippen LogP contribution >= 0.6 is 15.9 Å². The van der Waals surface area contributed by atoms with Gasteiger partial charge in [-0.2, -0.15) is 5.26 Å². The third-order valence-corrected chi connectivity index (χ3v) is 3.25. The fourth-order valence-electron chi connectivity index (χ4n) is 2.03. The van der Waals surface area contributed by atoms with E-state index in [0.717, 1.165) is 29.7 Å². The molecule has 0 aromatic heterocycles. The number of nitrogens with one attached hydrogen (secondary N) is 1. The van der Waals surface area contributed by atoms with Crippen LogP contribution in [0.25, 0.3) is 0 Å². The van der Waals surface area contributed by atoms with Crippen LogP contribution in [0.2, 0.25) is 0 Å². The summed E-state index contributed by atoms with van der Waals surface area (Å²) in [5, 5.41) is 12.3. The van der Waals surface area contributed by atoms with Crippen LogP contribution in [0.15, 0.2) is 22.7 Å². The minimum absolute atomic E-state index is 0.492. The molecule has 1 heterocycles. The number of rotatable bonds is 2. The first-order valence-electron chi connectivity index (χ1n) is 5.33. The molecule has 1 N–H and O–H groups in total. The lowest BCUT2D eigenvalue weighted by Crippen LogP contribution is -2.23. The van der Waals surface area contributed by atoms with Gasteiger partial charge in [0.15, 0.2) is 0 Å². The number of hydrogen-bond donors (Lipinski definition) is 1. The molecule has 2 rings (SSSR count). The second kappa shape index (κ2) is 4.86. The van der Waals surface area contributed by atoms with Crippen LogP contribution in [0.5, 0.6) is 0 Å². The summed E-state index contributed by atoms with van der Waals surface area (Å²) < 4.78 is 0.945. The highest BCUT2D eigenvalue weighted by Crippen LogP contribution is 2.21. The predicted octanol–water partition coefficient (Wildman–Crippen LogP) is 2.44. The summed E-state index contributed by atoms with van der Waals surface area (Å²) in [6.45, 7) is 2.20. The summed E-state index contributed by atoms with van der Waals surface area (Å²) in [6.07, 6.45) is 1.16. The number of likely N-dealkylation sites (tertiary alicyclic amines) is 1. The van der Waals surface area contributed by atoms with Gasteiger partial charge in [0.25, 0.3) is 0 Å². The van der Waals surface area contributed by atoms with Gasteiger partial charge in [0.05, 0.1) is 11.6 Å². The molecule has 1 saturated heterocycles. The SMILES string of the molecule is CN1CCC(Nc2cc(Br)cc(C#N)c2)C1. The number of nitrogens with zero attached hydrogens (tertiary/aromatic N) is 2. The van der Waals surface area contributed by atoms with Gasteiger partial charge in [0, 0.05) is 22.7 Å². The van der Waals surface area contributed by atoms with Gasteiger partial charge in [-0.25, -0.2) is 0 Å². The van der Waals surface area contributed by atoms with Crippen LogP contribution in [0.1, 0.15) is 12.0 Å². The van der Waals surface area contributed by atoms with Gasteiger partial charge in [0.1, 0.15) is 0 Å². The normalized spacial score (nSPS) is 20.7. The zero-order valence-electron chi connectivity index (χ0n) is 9.20. The molecule has 0 bridgehead atoms. The molecule has 1 unspecified atom stereocenters. The molecule has 0 aliphatic carbocycles. The smallest absolute Gasteiger partial charge is 0.0992 e. The summed E-state index contributed by atoms with van der Waals surface area (Å²) >= 11 is 3.41. The average molecular weight is 280 g/mol. The number of halogens is 1. The Kier molecular flexibility index (Phi) is 3.47. The molecule has 1 atom stereocenters. The number of anilines is 1. The molecule has 1 aliphatic heterocycles. The fraction of sp³-hybridized carbons (Fsp3) is 0.417. The Morgan fingerprint density at radius 2 is 2.31 bits per heavy atom. The third-order valence-electron chi connectivity index (χ3n) is 2.79. The number of hydrogen-bond acceptors (Lipinski definition) is 3. The van der Waals surface area contributed by atoms with Gasteiger partial charge in [-0.1, -0.05) is 15.9 Å². The molecule has 0 amide bonds. The third kappa shape index (κ3) is 2.75. The van der Waals surface area contributed by atoms with E-state index in [1.807, 2.05) is 18.2 Å². The first-order chi connectivity index (χ1) is 7.67. The van der Waals surface area contributed by atoms with Crippen molar-refractivity contribution in [1.29, 1.82) is 5.26 Å². The Morgan fingerprint density at radius 3 is 2.94 bits per heavy atom. The van der Waals surface area contributed by atoms with E-state index in [9.17, 15) is 0 Å². The molecule has 0 saturated carbocycles. The summed E-state index contributed by atoms with van der Waals surface area (Å²) in [4.78, 5) is 2.31.